The van der Waals surface area contributed by atoms with Crippen molar-refractivity contribution in [2.75, 3.05) is 11.9 Å². The van der Waals surface area contributed by atoms with Gasteiger partial charge in [0.25, 0.3) is 0 Å². The Morgan fingerprint density at radius 2 is 2.11 bits per heavy atom. The lowest BCUT2D eigenvalue weighted by molar-refractivity contribution is -0.137. The number of nitrogens with one attached hydrogen (secondary N) is 1. The van der Waals surface area contributed by atoms with E-state index in [0.717, 1.165) is 12.1 Å². The summed E-state index contributed by atoms with van der Waals surface area (Å²) in [5.41, 5.74) is 4.68. The van der Waals surface area contributed by atoms with Crippen LogP contribution in [0, 0.1) is 5.92 Å². The van der Waals surface area contributed by atoms with Crippen LogP contribution >= 0.6 is 15.9 Å². The summed E-state index contributed by atoms with van der Waals surface area (Å²) in [6, 6.07) is 3.10. The Balaban J connectivity index is 2.86. The summed E-state index contributed by atoms with van der Waals surface area (Å²) in [5.74, 6) is -0.387. The second-order valence-corrected chi connectivity index (χ2v) is 5.14. The molecule has 1 aromatic carbocycles. The average molecular weight is 339 g/mol. The van der Waals surface area contributed by atoms with Crippen molar-refractivity contribution in [3.63, 3.8) is 0 Å². The number of alkyl halides is 3. The molecular formula is C12H14BrF3N2O. The highest BCUT2D eigenvalue weighted by atomic mass is 79.9. The standard InChI is InChI=1S/C12H14BrF3N2O/c1-7(6-17)4-11(19)18-10-5-8(12(14,15)16)2-3-9(10)13/h2-3,5,7H,4,6,17H2,1H3,(H,18,19). The largest absolute Gasteiger partial charge is 0.416 e. The topological polar surface area (TPSA) is 55.1 Å². The maximum atomic E-state index is 12.6. The van der Waals surface area contributed by atoms with Crippen LogP contribution in [0.4, 0.5) is 18.9 Å². The highest BCUT2D eigenvalue weighted by Crippen LogP contribution is 2.34. The molecule has 0 radical (unpaired) electrons. The van der Waals surface area contributed by atoms with E-state index in [4.69, 9.17) is 5.73 Å². The predicted octanol–water partition coefficient (Wildman–Crippen LogP) is 3.39. The number of carbonyl (C=O) groups excluding carboxylic acids is 1. The summed E-state index contributed by atoms with van der Waals surface area (Å²) >= 11 is 3.10. The van der Waals surface area contributed by atoms with Gasteiger partial charge in [0.1, 0.15) is 0 Å². The third kappa shape index (κ3) is 4.83. The first kappa shape index (κ1) is 16.0. The van der Waals surface area contributed by atoms with E-state index in [1.54, 1.807) is 6.92 Å². The van der Waals surface area contributed by atoms with Crippen molar-refractivity contribution in [1.82, 2.24) is 0 Å². The van der Waals surface area contributed by atoms with E-state index < -0.39 is 11.7 Å². The summed E-state index contributed by atoms with van der Waals surface area (Å²) in [5, 5.41) is 2.45. The van der Waals surface area contributed by atoms with Gasteiger partial charge in [-0.25, -0.2) is 0 Å². The monoisotopic (exact) mass is 338 g/mol. The molecule has 1 rings (SSSR count). The molecule has 0 aliphatic carbocycles. The van der Waals surface area contributed by atoms with Crippen LogP contribution in [0.15, 0.2) is 22.7 Å². The molecule has 1 unspecified atom stereocenters. The van der Waals surface area contributed by atoms with E-state index in [1.165, 1.54) is 6.07 Å². The summed E-state index contributed by atoms with van der Waals surface area (Å²) in [7, 11) is 0. The molecule has 106 valence electrons. The van der Waals surface area contributed by atoms with Crippen molar-refractivity contribution in [3.05, 3.63) is 28.2 Å². The molecule has 1 aromatic rings. The molecule has 19 heavy (non-hydrogen) atoms. The number of rotatable bonds is 4. The number of hydrogen-bond acceptors (Lipinski definition) is 2. The molecule has 0 bridgehead atoms. The van der Waals surface area contributed by atoms with Gasteiger partial charge in [0.05, 0.1) is 11.3 Å². The molecule has 0 aliphatic rings. The van der Waals surface area contributed by atoms with Gasteiger partial charge in [-0.1, -0.05) is 6.92 Å². The second-order valence-electron chi connectivity index (χ2n) is 4.29. The quantitative estimate of drug-likeness (QED) is 0.884. The Hall–Kier alpha value is -1.08. The lowest BCUT2D eigenvalue weighted by Gasteiger charge is -2.13. The second kappa shape index (κ2) is 6.38. The Labute approximate surface area is 117 Å². The lowest BCUT2D eigenvalue weighted by Crippen LogP contribution is -2.20. The van der Waals surface area contributed by atoms with Gasteiger partial charge in [0, 0.05) is 10.9 Å². The van der Waals surface area contributed by atoms with Gasteiger partial charge < -0.3 is 11.1 Å². The van der Waals surface area contributed by atoms with Gasteiger partial charge in [-0.05, 0) is 46.6 Å². The van der Waals surface area contributed by atoms with E-state index in [1.807, 2.05) is 0 Å². The van der Waals surface area contributed by atoms with Crippen molar-refractivity contribution in [3.8, 4) is 0 Å². The molecule has 0 aliphatic heterocycles. The van der Waals surface area contributed by atoms with Gasteiger partial charge in [-0.15, -0.1) is 0 Å². The van der Waals surface area contributed by atoms with Crippen LogP contribution in [-0.4, -0.2) is 12.5 Å². The minimum atomic E-state index is -4.44. The van der Waals surface area contributed by atoms with Crippen LogP contribution in [0.3, 0.4) is 0 Å². The van der Waals surface area contributed by atoms with Crippen molar-refractivity contribution in [2.45, 2.75) is 19.5 Å². The maximum Gasteiger partial charge on any atom is 0.416 e. The predicted molar refractivity (Wildman–Crippen MR) is 70.6 cm³/mol. The SMILES string of the molecule is CC(CN)CC(=O)Nc1cc(C(F)(F)F)ccc1Br. The zero-order valence-electron chi connectivity index (χ0n) is 10.2. The van der Waals surface area contributed by atoms with Crippen LogP contribution in [0.5, 0.6) is 0 Å². The fraction of sp³-hybridized carbons (Fsp3) is 0.417. The molecule has 1 amide bonds. The molecule has 0 saturated heterocycles. The third-order valence-electron chi connectivity index (χ3n) is 2.50. The molecule has 0 aromatic heterocycles. The normalized spacial score (nSPS) is 13.2. The highest BCUT2D eigenvalue weighted by molar-refractivity contribution is 9.10. The fourth-order valence-corrected chi connectivity index (χ4v) is 1.74. The fourth-order valence-electron chi connectivity index (χ4n) is 1.40. The lowest BCUT2D eigenvalue weighted by atomic mass is 10.1. The maximum absolute atomic E-state index is 12.6. The molecule has 0 heterocycles. The first-order chi connectivity index (χ1) is 8.74. The molecule has 7 heteroatoms. The minimum Gasteiger partial charge on any atom is -0.330 e. The summed E-state index contributed by atoms with van der Waals surface area (Å²) in [6.45, 7) is 2.14. The number of benzene rings is 1. The number of hydrogen-bond donors (Lipinski definition) is 2. The van der Waals surface area contributed by atoms with E-state index >= 15 is 0 Å². The first-order valence-corrected chi connectivity index (χ1v) is 6.40. The Kier molecular flexibility index (Phi) is 5.37. The van der Waals surface area contributed by atoms with Crippen LogP contribution in [0.2, 0.25) is 0 Å². The van der Waals surface area contributed by atoms with Crippen molar-refractivity contribution < 1.29 is 18.0 Å². The smallest absolute Gasteiger partial charge is 0.330 e. The zero-order valence-corrected chi connectivity index (χ0v) is 11.8. The van der Waals surface area contributed by atoms with Gasteiger partial charge >= 0.3 is 6.18 Å². The van der Waals surface area contributed by atoms with Gasteiger partial charge in [-0.2, -0.15) is 13.2 Å². The van der Waals surface area contributed by atoms with Crippen LogP contribution in [0.25, 0.3) is 0 Å². The van der Waals surface area contributed by atoms with E-state index in [9.17, 15) is 18.0 Å². The molecule has 0 saturated carbocycles. The number of nitrogens with two attached hydrogens (primary N) is 1. The summed E-state index contributed by atoms with van der Waals surface area (Å²) in [4.78, 5) is 11.6. The number of halogens is 4. The minimum absolute atomic E-state index is 0.0235. The van der Waals surface area contributed by atoms with Gasteiger partial charge in [0.2, 0.25) is 5.91 Å². The zero-order chi connectivity index (χ0) is 14.6. The first-order valence-electron chi connectivity index (χ1n) is 5.60. The summed E-state index contributed by atoms with van der Waals surface area (Å²) in [6.07, 6.45) is -4.27. The Morgan fingerprint density at radius 3 is 2.63 bits per heavy atom. The van der Waals surface area contributed by atoms with Crippen molar-refractivity contribution >= 4 is 27.5 Å². The molecule has 3 N–H and O–H groups in total. The number of anilines is 1. The average Bonchev–Trinajstić information content (AvgIpc) is 2.30. The van der Waals surface area contributed by atoms with E-state index in [0.29, 0.717) is 11.0 Å². The van der Waals surface area contributed by atoms with Crippen molar-refractivity contribution in [1.29, 1.82) is 0 Å². The van der Waals surface area contributed by atoms with Crippen LogP contribution in [-0.2, 0) is 11.0 Å². The number of amides is 1. The van der Waals surface area contributed by atoms with Crippen LogP contribution in [0.1, 0.15) is 18.9 Å². The Bertz CT molecular complexity index is 463. The third-order valence-corrected chi connectivity index (χ3v) is 3.20. The van der Waals surface area contributed by atoms with Crippen LogP contribution < -0.4 is 11.1 Å². The van der Waals surface area contributed by atoms with Crippen molar-refractivity contribution in [2.24, 2.45) is 11.7 Å². The van der Waals surface area contributed by atoms with E-state index in [2.05, 4.69) is 21.2 Å². The van der Waals surface area contributed by atoms with Gasteiger partial charge in [0.15, 0.2) is 0 Å². The Morgan fingerprint density at radius 1 is 1.47 bits per heavy atom. The highest BCUT2D eigenvalue weighted by Gasteiger charge is 2.31. The molecule has 0 spiro atoms. The van der Waals surface area contributed by atoms with E-state index in [-0.39, 0.29) is 23.9 Å². The summed E-state index contributed by atoms with van der Waals surface area (Å²) < 4.78 is 38.1. The molecular weight excluding hydrogens is 325 g/mol. The van der Waals surface area contributed by atoms with Gasteiger partial charge in [-0.3, -0.25) is 4.79 Å². The number of carbonyl (C=O) groups is 1. The molecule has 0 fully saturated rings. The molecule has 3 nitrogen and oxygen atoms in total. The molecule has 1 atom stereocenters.